The molecule has 1 aliphatic rings. The van der Waals surface area contributed by atoms with Crippen LogP contribution < -0.4 is 0 Å². The minimum absolute atomic E-state index is 0.339. The summed E-state index contributed by atoms with van der Waals surface area (Å²) in [6.07, 6.45) is 4.63. The van der Waals surface area contributed by atoms with Gasteiger partial charge >= 0.3 is 5.97 Å². The van der Waals surface area contributed by atoms with Crippen LogP contribution in [-0.2, 0) is 11.3 Å². The first-order valence-electron chi connectivity index (χ1n) is 7.04. The van der Waals surface area contributed by atoms with E-state index in [9.17, 15) is 9.90 Å². The Morgan fingerprint density at radius 3 is 3.10 bits per heavy atom. The molecule has 1 aromatic carbocycles. The highest BCUT2D eigenvalue weighted by Gasteiger charge is 2.28. The zero-order valence-corrected chi connectivity index (χ0v) is 11.3. The molecule has 1 saturated heterocycles. The molecule has 104 valence electrons. The molecule has 1 aliphatic heterocycles. The first-order valence-corrected chi connectivity index (χ1v) is 7.04. The van der Waals surface area contributed by atoms with Gasteiger partial charge in [-0.1, -0.05) is 18.6 Å². The van der Waals surface area contributed by atoms with Crippen molar-refractivity contribution in [3.05, 3.63) is 42.1 Å². The molecule has 0 saturated carbocycles. The predicted octanol–water partition coefficient (Wildman–Crippen LogP) is 2.67. The highest BCUT2D eigenvalue weighted by atomic mass is 16.4. The number of piperidine rings is 1. The Hall–Kier alpha value is -1.94. The second-order valence-corrected chi connectivity index (χ2v) is 5.35. The Morgan fingerprint density at radius 2 is 2.25 bits per heavy atom. The number of pyridine rings is 1. The lowest BCUT2D eigenvalue weighted by atomic mass is 10.0. The normalized spacial score (nSPS) is 20.1. The van der Waals surface area contributed by atoms with Gasteiger partial charge in [-0.25, -0.2) is 0 Å². The first-order chi connectivity index (χ1) is 9.74. The average molecular weight is 270 g/mol. The molecule has 1 atom stereocenters. The third kappa shape index (κ3) is 2.65. The monoisotopic (exact) mass is 270 g/mol. The van der Waals surface area contributed by atoms with Crippen LogP contribution in [0.4, 0.5) is 0 Å². The Balaban J connectivity index is 1.82. The van der Waals surface area contributed by atoms with E-state index in [0.29, 0.717) is 6.54 Å². The third-order valence-corrected chi connectivity index (χ3v) is 3.95. The maximum atomic E-state index is 11.3. The van der Waals surface area contributed by atoms with Crippen LogP contribution in [-0.4, -0.2) is 33.5 Å². The van der Waals surface area contributed by atoms with Gasteiger partial charge in [0, 0.05) is 18.1 Å². The zero-order chi connectivity index (χ0) is 13.9. The van der Waals surface area contributed by atoms with Crippen LogP contribution in [0.5, 0.6) is 0 Å². The van der Waals surface area contributed by atoms with Crippen molar-refractivity contribution in [3.8, 4) is 0 Å². The van der Waals surface area contributed by atoms with Gasteiger partial charge in [-0.15, -0.1) is 0 Å². The largest absolute Gasteiger partial charge is 0.480 e. The van der Waals surface area contributed by atoms with Crippen molar-refractivity contribution in [2.45, 2.75) is 31.8 Å². The van der Waals surface area contributed by atoms with Crippen LogP contribution in [0, 0.1) is 0 Å². The summed E-state index contributed by atoms with van der Waals surface area (Å²) in [4.78, 5) is 17.7. The fraction of sp³-hybridized carbons (Fsp3) is 0.375. The molecule has 1 N–H and O–H groups in total. The fourth-order valence-corrected chi connectivity index (χ4v) is 2.92. The van der Waals surface area contributed by atoms with Crippen molar-refractivity contribution in [1.82, 2.24) is 9.88 Å². The first kappa shape index (κ1) is 13.1. The zero-order valence-electron chi connectivity index (χ0n) is 11.3. The van der Waals surface area contributed by atoms with E-state index in [2.05, 4.69) is 16.0 Å². The number of fused-ring (bicyclic) bond motifs is 1. The summed E-state index contributed by atoms with van der Waals surface area (Å²) in [7, 11) is 0. The van der Waals surface area contributed by atoms with Crippen molar-refractivity contribution in [2.24, 2.45) is 0 Å². The molecule has 1 unspecified atom stereocenters. The van der Waals surface area contributed by atoms with E-state index in [1.807, 2.05) is 24.3 Å². The standard InChI is InChI=1S/C16H18N2O2/c19-16(20)15-5-1-2-9-18(15)11-12-6-7-14-13(10-12)4-3-8-17-14/h3-4,6-8,10,15H,1-2,5,9,11H2,(H,19,20). The lowest BCUT2D eigenvalue weighted by Crippen LogP contribution is -2.43. The number of hydrogen-bond donors (Lipinski definition) is 1. The molecule has 1 fully saturated rings. The van der Waals surface area contributed by atoms with Crippen molar-refractivity contribution >= 4 is 16.9 Å². The van der Waals surface area contributed by atoms with Crippen LogP contribution >= 0.6 is 0 Å². The molecule has 2 heterocycles. The van der Waals surface area contributed by atoms with Crippen LogP contribution in [0.25, 0.3) is 10.9 Å². The van der Waals surface area contributed by atoms with E-state index < -0.39 is 5.97 Å². The average Bonchev–Trinajstić information content (AvgIpc) is 2.47. The number of carbonyl (C=O) groups is 1. The second-order valence-electron chi connectivity index (χ2n) is 5.35. The molecular weight excluding hydrogens is 252 g/mol. The van der Waals surface area contributed by atoms with Crippen LogP contribution in [0.2, 0.25) is 0 Å². The van der Waals surface area contributed by atoms with Gasteiger partial charge in [0.25, 0.3) is 0 Å². The minimum Gasteiger partial charge on any atom is -0.480 e. The van der Waals surface area contributed by atoms with Crippen LogP contribution in [0.3, 0.4) is 0 Å². The number of aliphatic carboxylic acids is 1. The summed E-state index contributed by atoms with van der Waals surface area (Å²) < 4.78 is 0. The van der Waals surface area contributed by atoms with Gasteiger partial charge in [-0.3, -0.25) is 14.7 Å². The molecule has 0 radical (unpaired) electrons. The number of likely N-dealkylation sites (tertiary alicyclic amines) is 1. The van der Waals surface area contributed by atoms with Gasteiger partial charge in [0.2, 0.25) is 0 Å². The highest BCUT2D eigenvalue weighted by molar-refractivity contribution is 5.79. The quantitative estimate of drug-likeness (QED) is 0.931. The van der Waals surface area contributed by atoms with Gasteiger partial charge in [-0.05, 0) is 43.1 Å². The molecule has 4 nitrogen and oxygen atoms in total. The molecule has 0 bridgehead atoms. The van der Waals surface area contributed by atoms with Crippen molar-refractivity contribution in [1.29, 1.82) is 0 Å². The lowest BCUT2D eigenvalue weighted by Gasteiger charge is -2.32. The molecular formula is C16H18N2O2. The van der Waals surface area contributed by atoms with E-state index in [1.165, 1.54) is 0 Å². The van der Waals surface area contributed by atoms with Crippen molar-refractivity contribution < 1.29 is 9.90 Å². The summed E-state index contributed by atoms with van der Waals surface area (Å²) >= 11 is 0. The summed E-state index contributed by atoms with van der Waals surface area (Å²) in [6, 6.07) is 9.78. The third-order valence-electron chi connectivity index (χ3n) is 3.95. The number of rotatable bonds is 3. The minimum atomic E-state index is -0.702. The van der Waals surface area contributed by atoms with Crippen molar-refractivity contribution in [2.75, 3.05) is 6.54 Å². The molecule has 3 rings (SSSR count). The van der Waals surface area contributed by atoms with Gasteiger partial charge in [0.15, 0.2) is 0 Å². The molecule has 2 aromatic rings. The van der Waals surface area contributed by atoms with Crippen molar-refractivity contribution in [3.63, 3.8) is 0 Å². The van der Waals surface area contributed by atoms with Gasteiger partial charge in [0.05, 0.1) is 5.52 Å². The smallest absolute Gasteiger partial charge is 0.320 e. The lowest BCUT2D eigenvalue weighted by molar-refractivity contribution is -0.144. The Kier molecular flexibility index (Phi) is 3.65. The molecule has 0 aliphatic carbocycles. The topological polar surface area (TPSA) is 53.4 Å². The number of aromatic nitrogens is 1. The Labute approximate surface area is 118 Å². The summed E-state index contributed by atoms with van der Waals surface area (Å²) in [5.74, 6) is -0.702. The van der Waals surface area contributed by atoms with Crippen LogP contribution in [0.15, 0.2) is 36.5 Å². The predicted molar refractivity (Wildman–Crippen MR) is 77.4 cm³/mol. The Morgan fingerprint density at radius 1 is 1.35 bits per heavy atom. The molecule has 20 heavy (non-hydrogen) atoms. The SMILES string of the molecule is O=C(O)C1CCCCN1Cc1ccc2ncccc2c1. The molecule has 4 heteroatoms. The highest BCUT2D eigenvalue weighted by Crippen LogP contribution is 2.21. The fourth-order valence-electron chi connectivity index (χ4n) is 2.92. The maximum absolute atomic E-state index is 11.3. The second kappa shape index (κ2) is 5.59. The summed E-state index contributed by atoms with van der Waals surface area (Å²) in [5, 5.41) is 10.4. The summed E-state index contributed by atoms with van der Waals surface area (Å²) in [5.41, 5.74) is 2.13. The van der Waals surface area contributed by atoms with E-state index in [0.717, 1.165) is 42.3 Å². The van der Waals surface area contributed by atoms with E-state index in [-0.39, 0.29) is 6.04 Å². The Bertz CT molecular complexity index is 627. The summed E-state index contributed by atoms with van der Waals surface area (Å²) in [6.45, 7) is 1.56. The van der Waals surface area contributed by atoms with Crippen LogP contribution in [0.1, 0.15) is 24.8 Å². The van der Waals surface area contributed by atoms with E-state index in [4.69, 9.17) is 0 Å². The molecule has 0 spiro atoms. The number of carboxylic acids is 1. The number of nitrogens with zero attached hydrogens (tertiary/aromatic N) is 2. The molecule has 1 aromatic heterocycles. The maximum Gasteiger partial charge on any atom is 0.320 e. The molecule has 0 amide bonds. The van der Waals surface area contributed by atoms with Gasteiger partial charge in [-0.2, -0.15) is 0 Å². The van der Waals surface area contributed by atoms with E-state index in [1.54, 1.807) is 6.20 Å². The number of hydrogen-bond acceptors (Lipinski definition) is 3. The van der Waals surface area contributed by atoms with Gasteiger partial charge in [0.1, 0.15) is 6.04 Å². The van der Waals surface area contributed by atoms with Gasteiger partial charge < -0.3 is 5.11 Å². The van der Waals surface area contributed by atoms with E-state index >= 15 is 0 Å². The number of carboxylic acid groups (broad SMARTS) is 1. The number of benzene rings is 1.